The molecule has 92 valence electrons. The van der Waals surface area contributed by atoms with E-state index in [1.54, 1.807) is 44.6 Å². The third-order valence-electron chi connectivity index (χ3n) is 2.25. The van der Waals surface area contributed by atoms with Crippen molar-refractivity contribution in [1.29, 1.82) is 0 Å². The highest BCUT2D eigenvalue weighted by Crippen LogP contribution is 2.34. The third kappa shape index (κ3) is 2.24. The van der Waals surface area contributed by atoms with Gasteiger partial charge in [-0.25, -0.2) is 0 Å². The number of aromatic nitrogens is 1. The van der Waals surface area contributed by atoms with E-state index < -0.39 is 4.92 Å². The van der Waals surface area contributed by atoms with Crippen molar-refractivity contribution >= 4 is 22.3 Å². The average molecular weight is 245 g/mol. The highest BCUT2D eigenvalue weighted by molar-refractivity contribution is 5.93. The predicted molar refractivity (Wildman–Crippen MR) is 66.6 cm³/mol. The molecule has 0 saturated heterocycles. The molecule has 0 N–H and O–H groups in total. The third-order valence-corrected chi connectivity index (χ3v) is 2.25. The van der Waals surface area contributed by atoms with Gasteiger partial charge < -0.3 is 0 Å². The van der Waals surface area contributed by atoms with Crippen molar-refractivity contribution in [1.82, 2.24) is 9.99 Å². The summed E-state index contributed by atoms with van der Waals surface area (Å²) in [5.41, 5.74) is 0.702. The van der Waals surface area contributed by atoms with Gasteiger partial charge in [0.15, 0.2) is 5.69 Å². The van der Waals surface area contributed by atoms with Crippen LogP contribution in [0.2, 0.25) is 0 Å². The number of benzene rings is 1. The topological polar surface area (TPSA) is 84.0 Å². The van der Waals surface area contributed by atoms with E-state index in [9.17, 15) is 10.1 Å². The molecule has 7 nitrogen and oxygen atoms in total. The molecule has 0 atom stereocenters. The molecular formula is C11H11N5O2. The van der Waals surface area contributed by atoms with Crippen molar-refractivity contribution in [3.63, 3.8) is 0 Å². The fourth-order valence-corrected chi connectivity index (χ4v) is 1.54. The number of hydrogen-bond donors (Lipinski definition) is 0. The Balaban J connectivity index is 2.67. The van der Waals surface area contributed by atoms with Gasteiger partial charge in [0.25, 0.3) is 0 Å². The highest BCUT2D eigenvalue weighted by Gasteiger charge is 2.18. The summed E-state index contributed by atoms with van der Waals surface area (Å²) >= 11 is 0. The fraction of sp³-hybridized carbons (Fsp3) is 0.182. The Labute approximate surface area is 103 Å². The van der Waals surface area contributed by atoms with Gasteiger partial charge >= 0.3 is 5.69 Å². The Bertz CT molecular complexity index is 624. The quantitative estimate of drug-likeness (QED) is 0.472. The minimum Gasteiger partial charge on any atom is -0.285 e. The van der Waals surface area contributed by atoms with E-state index in [0.29, 0.717) is 10.9 Å². The molecule has 2 rings (SSSR count). The predicted octanol–water partition coefficient (Wildman–Crippen LogP) is 2.70. The van der Waals surface area contributed by atoms with Crippen LogP contribution in [0.4, 0.5) is 11.4 Å². The minimum absolute atomic E-state index is 0.0776. The molecule has 18 heavy (non-hydrogen) atoms. The molecule has 0 aliphatic carbocycles. The normalized spacial score (nSPS) is 11.0. The summed E-state index contributed by atoms with van der Waals surface area (Å²) in [6.07, 6.45) is 1.59. The van der Waals surface area contributed by atoms with Crippen LogP contribution in [0.1, 0.15) is 0 Å². The van der Waals surface area contributed by atoms with E-state index in [2.05, 4.69) is 15.3 Å². The number of fused-ring (bicyclic) bond motifs is 1. The first kappa shape index (κ1) is 11.9. The Kier molecular flexibility index (Phi) is 3.13. The van der Waals surface area contributed by atoms with Crippen LogP contribution < -0.4 is 0 Å². The maximum Gasteiger partial charge on any atom is 0.306 e. The van der Waals surface area contributed by atoms with Crippen LogP contribution >= 0.6 is 0 Å². The molecule has 0 radical (unpaired) electrons. The van der Waals surface area contributed by atoms with Crippen molar-refractivity contribution < 1.29 is 4.92 Å². The van der Waals surface area contributed by atoms with Crippen LogP contribution in [-0.2, 0) is 0 Å². The van der Waals surface area contributed by atoms with E-state index >= 15 is 0 Å². The first-order chi connectivity index (χ1) is 8.59. The number of rotatable bonds is 3. The summed E-state index contributed by atoms with van der Waals surface area (Å²) < 4.78 is 0. The van der Waals surface area contributed by atoms with Crippen LogP contribution in [0.15, 0.2) is 40.8 Å². The van der Waals surface area contributed by atoms with E-state index in [1.807, 2.05) is 0 Å². The van der Waals surface area contributed by atoms with Crippen LogP contribution in [0.3, 0.4) is 0 Å². The second kappa shape index (κ2) is 4.74. The number of nitro benzene ring substituents is 1. The smallest absolute Gasteiger partial charge is 0.285 e. The molecule has 0 unspecified atom stereocenters. The number of nitrogens with zero attached hydrogens (tertiary/aromatic N) is 5. The van der Waals surface area contributed by atoms with Gasteiger partial charge in [0.2, 0.25) is 0 Å². The second-order valence-electron chi connectivity index (χ2n) is 3.80. The van der Waals surface area contributed by atoms with Gasteiger partial charge in [-0.2, -0.15) is 0 Å². The molecular weight excluding hydrogens is 234 g/mol. The highest BCUT2D eigenvalue weighted by atomic mass is 16.6. The van der Waals surface area contributed by atoms with Gasteiger partial charge in [0, 0.05) is 20.3 Å². The standard InChI is InChI=1S/C11H11N5O2/c1-15(2)14-13-10-6-5-9-8(4-3-7-12-9)11(10)16(17)18/h3-7H,1-2H3. The largest absolute Gasteiger partial charge is 0.306 e. The van der Waals surface area contributed by atoms with Crippen molar-refractivity contribution in [2.75, 3.05) is 14.1 Å². The second-order valence-corrected chi connectivity index (χ2v) is 3.80. The lowest BCUT2D eigenvalue weighted by atomic mass is 10.1. The van der Waals surface area contributed by atoms with Crippen LogP contribution in [0, 0.1) is 10.1 Å². The Morgan fingerprint density at radius 2 is 2.11 bits per heavy atom. The molecule has 0 spiro atoms. The zero-order chi connectivity index (χ0) is 13.1. The van der Waals surface area contributed by atoms with E-state index in [4.69, 9.17) is 0 Å². The van der Waals surface area contributed by atoms with Crippen molar-refractivity contribution in [3.8, 4) is 0 Å². The number of pyridine rings is 1. The first-order valence-corrected chi connectivity index (χ1v) is 5.20. The van der Waals surface area contributed by atoms with Crippen molar-refractivity contribution in [3.05, 3.63) is 40.6 Å². The lowest BCUT2D eigenvalue weighted by Crippen LogP contribution is -1.99. The summed E-state index contributed by atoms with van der Waals surface area (Å²) in [6, 6.07) is 6.53. The molecule has 0 amide bonds. The zero-order valence-corrected chi connectivity index (χ0v) is 9.94. The molecule has 1 heterocycles. The average Bonchev–Trinajstić information content (AvgIpc) is 2.35. The van der Waals surface area contributed by atoms with Crippen molar-refractivity contribution in [2.45, 2.75) is 0 Å². The molecule has 7 heteroatoms. The van der Waals surface area contributed by atoms with E-state index in [0.717, 1.165) is 0 Å². The molecule has 1 aromatic carbocycles. The first-order valence-electron chi connectivity index (χ1n) is 5.20. The number of hydrogen-bond acceptors (Lipinski definition) is 5. The zero-order valence-electron chi connectivity index (χ0n) is 9.94. The van der Waals surface area contributed by atoms with Crippen LogP contribution in [-0.4, -0.2) is 29.0 Å². The molecule has 0 aliphatic rings. The number of nitro groups is 1. The maximum absolute atomic E-state index is 11.1. The van der Waals surface area contributed by atoms with Gasteiger partial charge in [0.05, 0.1) is 15.8 Å². The summed E-state index contributed by atoms with van der Waals surface area (Å²) in [5.74, 6) is 0. The van der Waals surface area contributed by atoms with Gasteiger partial charge in [-0.3, -0.25) is 20.1 Å². The minimum atomic E-state index is -0.464. The Morgan fingerprint density at radius 3 is 2.78 bits per heavy atom. The van der Waals surface area contributed by atoms with Gasteiger partial charge in [-0.15, -0.1) is 5.11 Å². The summed E-state index contributed by atoms with van der Waals surface area (Å²) in [7, 11) is 3.38. The van der Waals surface area contributed by atoms with Gasteiger partial charge in [-0.05, 0) is 24.3 Å². The van der Waals surface area contributed by atoms with E-state index in [-0.39, 0.29) is 11.4 Å². The summed E-state index contributed by atoms with van der Waals surface area (Å²) in [5, 5.41) is 20.7. The molecule has 0 saturated carbocycles. The molecule has 0 bridgehead atoms. The Morgan fingerprint density at radius 1 is 1.33 bits per heavy atom. The summed E-state index contributed by atoms with van der Waals surface area (Å²) in [4.78, 5) is 14.8. The lowest BCUT2D eigenvalue weighted by Gasteiger charge is -2.03. The fourth-order valence-electron chi connectivity index (χ4n) is 1.54. The van der Waals surface area contributed by atoms with Crippen molar-refractivity contribution in [2.24, 2.45) is 10.3 Å². The Hall–Kier alpha value is -2.57. The van der Waals surface area contributed by atoms with E-state index in [1.165, 1.54) is 5.01 Å². The van der Waals surface area contributed by atoms with Gasteiger partial charge in [-0.1, -0.05) is 5.22 Å². The van der Waals surface area contributed by atoms with Crippen LogP contribution in [0.5, 0.6) is 0 Å². The molecule has 1 aromatic heterocycles. The SMILES string of the molecule is CN(C)N=Nc1ccc2ncccc2c1[N+](=O)[O-]. The molecule has 2 aromatic rings. The lowest BCUT2D eigenvalue weighted by molar-refractivity contribution is -0.382. The summed E-state index contributed by atoms with van der Waals surface area (Å²) in [6.45, 7) is 0. The molecule has 0 aliphatic heterocycles. The maximum atomic E-state index is 11.1. The van der Waals surface area contributed by atoms with Crippen LogP contribution in [0.25, 0.3) is 10.9 Å². The van der Waals surface area contributed by atoms with Gasteiger partial charge in [0.1, 0.15) is 0 Å². The molecule has 0 fully saturated rings. The monoisotopic (exact) mass is 245 g/mol.